The van der Waals surface area contributed by atoms with Crippen LogP contribution in [0.3, 0.4) is 0 Å². The second kappa shape index (κ2) is 13.0. The topological polar surface area (TPSA) is 9.23 Å². The van der Waals surface area contributed by atoms with Crippen molar-refractivity contribution >= 4 is 0 Å². The molecule has 3 aliphatic rings. The average Bonchev–Trinajstić information content (AvgIpc) is 2.95. The predicted molar refractivity (Wildman–Crippen MR) is 153 cm³/mol. The van der Waals surface area contributed by atoms with E-state index in [1.54, 1.807) is 17.7 Å². The molecule has 0 bridgehead atoms. The first-order valence-electron chi connectivity index (χ1n) is 15.7. The highest BCUT2D eigenvalue weighted by atomic mass is 19.2. The van der Waals surface area contributed by atoms with E-state index in [4.69, 9.17) is 4.74 Å². The Morgan fingerprint density at radius 3 is 2.00 bits per heavy atom. The standard InChI is InChI=1S/C35H48F2O/c1-3-5-24-7-11-26(12-8-24)29-15-17-32-22-30(16-18-31(32)21-29)27-13-9-25(10-14-27)23-38-33-20-19-28(6-4-2)34(36)35(33)37/h7-8,11-12,19-20,25,27,29-32H,3-6,9-10,13-18,21-23H2,1-2H3. The van der Waals surface area contributed by atoms with Gasteiger partial charge >= 0.3 is 0 Å². The van der Waals surface area contributed by atoms with E-state index >= 15 is 0 Å². The highest BCUT2D eigenvalue weighted by Gasteiger charge is 2.39. The summed E-state index contributed by atoms with van der Waals surface area (Å²) in [6.07, 6.45) is 17.1. The van der Waals surface area contributed by atoms with Crippen LogP contribution in [0.25, 0.3) is 0 Å². The molecule has 4 atom stereocenters. The van der Waals surface area contributed by atoms with E-state index in [0.717, 1.165) is 48.9 Å². The molecule has 38 heavy (non-hydrogen) atoms. The Labute approximate surface area is 229 Å². The molecule has 0 N–H and O–H groups in total. The first kappa shape index (κ1) is 27.7. The number of hydrogen-bond acceptors (Lipinski definition) is 1. The van der Waals surface area contributed by atoms with Crippen molar-refractivity contribution in [2.75, 3.05) is 6.61 Å². The van der Waals surface area contributed by atoms with Crippen molar-refractivity contribution in [1.29, 1.82) is 0 Å². The number of benzene rings is 2. The van der Waals surface area contributed by atoms with Crippen molar-refractivity contribution in [3.8, 4) is 5.75 Å². The Kier molecular flexibility index (Phi) is 9.44. The Morgan fingerprint density at radius 1 is 0.658 bits per heavy atom. The predicted octanol–water partition coefficient (Wildman–Crippen LogP) is 10.1. The Morgan fingerprint density at radius 2 is 1.29 bits per heavy atom. The van der Waals surface area contributed by atoms with Crippen molar-refractivity contribution in [2.45, 2.75) is 110 Å². The van der Waals surface area contributed by atoms with Gasteiger partial charge in [-0.05, 0) is 135 Å². The van der Waals surface area contributed by atoms with Crippen molar-refractivity contribution in [1.82, 2.24) is 0 Å². The largest absolute Gasteiger partial charge is 0.490 e. The van der Waals surface area contributed by atoms with E-state index in [0.29, 0.717) is 24.5 Å². The van der Waals surface area contributed by atoms with Crippen LogP contribution >= 0.6 is 0 Å². The van der Waals surface area contributed by atoms with E-state index in [1.165, 1.54) is 69.8 Å². The van der Waals surface area contributed by atoms with E-state index in [9.17, 15) is 8.78 Å². The van der Waals surface area contributed by atoms with Crippen molar-refractivity contribution < 1.29 is 13.5 Å². The van der Waals surface area contributed by atoms with Crippen LogP contribution in [0.5, 0.6) is 5.75 Å². The molecule has 2 aromatic rings. The van der Waals surface area contributed by atoms with Crippen LogP contribution in [0.2, 0.25) is 0 Å². The van der Waals surface area contributed by atoms with Crippen LogP contribution in [0.1, 0.15) is 114 Å². The molecular formula is C35H48F2O. The van der Waals surface area contributed by atoms with Gasteiger partial charge in [0.1, 0.15) is 0 Å². The minimum absolute atomic E-state index is 0.0790. The van der Waals surface area contributed by atoms with Crippen LogP contribution in [0.4, 0.5) is 8.78 Å². The lowest BCUT2D eigenvalue weighted by atomic mass is 9.60. The van der Waals surface area contributed by atoms with Crippen molar-refractivity contribution in [3.05, 3.63) is 64.7 Å². The average molecular weight is 523 g/mol. The summed E-state index contributed by atoms with van der Waals surface area (Å²) in [7, 11) is 0. The van der Waals surface area contributed by atoms with Gasteiger partial charge in [0, 0.05) is 0 Å². The summed E-state index contributed by atoms with van der Waals surface area (Å²) in [6.45, 7) is 4.74. The fraction of sp³-hybridized carbons (Fsp3) is 0.657. The van der Waals surface area contributed by atoms with Crippen LogP contribution < -0.4 is 4.74 Å². The van der Waals surface area contributed by atoms with Gasteiger partial charge in [-0.3, -0.25) is 0 Å². The van der Waals surface area contributed by atoms with Gasteiger partial charge in [0.2, 0.25) is 5.82 Å². The SMILES string of the molecule is CCCc1ccc(C2CCC3CC(C4CCC(COc5ccc(CCC)c(F)c5F)CC4)CCC3C2)cc1. The maximum Gasteiger partial charge on any atom is 0.200 e. The Hall–Kier alpha value is -1.90. The number of hydrogen-bond donors (Lipinski definition) is 0. The van der Waals surface area contributed by atoms with Gasteiger partial charge in [0.25, 0.3) is 0 Å². The van der Waals surface area contributed by atoms with Gasteiger partial charge in [-0.2, -0.15) is 4.39 Å². The zero-order chi connectivity index (χ0) is 26.5. The van der Waals surface area contributed by atoms with Crippen LogP contribution in [0, 0.1) is 41.2 Å². The lowest BCUT2D eigenvalue weighted by Crippen LogP contribution is -2.34. The maximum absolute atomic E-state index is 14.4. The Balaban J connectivity index is 1.06. The van der Waals surface area contributed by atoms with Crippen molar-refractivity contribution in [2.24, 2.45) is 29.6 Å². The fourth-order valence-corrected chi connectivity index (χ4v) is 8.08. The van der Waals surface area contributed by atoms with E-state index in [2.05, 4.69) is 31.2 Å². The lowest BCUT2D eigenvalue weighted by Gasteiger charge is -2.45. The quantitative estimate of drug-likeness (QED) is 0.318. The normalized spacial score (nSPS) is 29.6. The molecule has 2 aromatic carbocycles. The molecule has 3 saturated carbocycles. The minimum atomic E-state index is -0.815. The maximum atomic E-state index is 14.4. The molecule has 3 heteroatoms. The third-order valence-electron chi connectivity index (χ3n) is 10.3. The highest BCUT2D eigenvalue weighted by molar-refractivity contribution is 5.31. The second-order valence-electron chi connectivity index (χ2n) is 12.8. The molecule has 208 valence electrons. The minimum Gasteiger partial charge on any atom is -0.490 e. The molecule has 3 aliphatic carbocycles. The highest BCUT2D eigenvalue weighted by Crippen LogP contribution is 2.51. The molecule has 0 radical (unpaired) electrons. The van der Waals surface area contributed by atoms with Gasteiger partial charge in [0.15, 0.2) is 11.6 Å². The van der Waals surface area contributed by atoms with Crippen LogP contribution in [-0.4, -0.2) is 6.61 Å². The number of aryl methyl sites for hydroxylation is 2. The summed E-state index contributed by atoms with van der Waals surface area (Å²) in [5.41, 5.74) is 3.50. The summed E-state index contributed by atoms with van der Waals surface area (Å²) < 4.78 is 34.5. The molecule has 0 spiro atoms. The zero-order valence-corrected chi connectivity index (χ0v) is 23.7. The summed E-state index contributed by atoms with van der Waals surface area (Å²) in [6, 6.07) is 12.8. The van der Waals surface area contributed by atoms with Gasteiger partial charge in [0.05, 0.1) is 6.61 Å². The Bertz CT molecular complexity index is 1020. The van der Waals surface area contributed by atoms with E-state index in [1.807, 2.05) is 6.92 Å². The van der Waals surface area contributed by atoms with Gasteiger partial charge in [-0.1, -0.05) is 57.0 Å². The first-order chi connectivity index (χ1) is 18.6. The summed E-state index contributed by atoms with van der Waals surface area (Å²) in [5, 5.41) is 0. The molecule has 4 unspecified atom stereocenters. The first-order valence-corrected chi connectivity index (χ1v) is 15.7. The molecule has 0 aromatic heterocycles. The molecule has 0 saturated heterocycles. The van der Waals surface area contributed by atoms with Crippen LogP contribution in [-0.2, 0) is 12.8 Å². The third-order valence-corrected chi connectivity index (χ3v) is 10.3. The van der Waals surface area contributed by atoms with Crippen LogP contribution in [0.15, 0.2) is 36.4 Å². The molecule has 5 rings (SSSR count). The molecule has 0 heterocycles. The molecule has 3 fully saturated rings. The van der Waals surface area contributed by atoms with Gasteiger partial charge in [-0.15, -0.1) is 0 Å². The lowest BCUT2D eigenvalue weighted by molar-refractivity contribution is 0.0663. The smallest absolute Gasteiger partial charge is 0.200 e. The summed E-state index contributed by atoms with van der Waals surface area (Å²) >= 11 is 0. The summed E-state index contributed by atoms with van der Waals surface area (Å²) in [4.78, 5) is 0. The summed E-state index contributed by atoms with van der Waals surface area (Å²) in [5.74, 6) is 3.34. The number of ether oxygens (including phenoxy) is 1. The van der Waals surface area contributed by atoms with E-state index in [-0.39, 0.29) is 5.75 Å². The number of rotatable bonds is 9. The van der Waals surface area contributed by atoms with E-state index < -0.39 is 11.6 Å². The zero-order valence-electron chi connectivity index (χ0n) is 23.7. The number of fused-ring (bicyclic) bond motifs is 1. The number of halogens is 2. The molecule has 0 aliphatic heterocycles. The molecule has 1 nitrogen and oxygen atoms in total. The van der Waals surface area contributed by atoms with Crippen molar-refractivity contribution in [3.63, 3.8) is 0 Å². The third kappa shape index (κ3) is 6.45. The molecular weight excluding hydrogens is 474 g/mol. The van der Waals surface area contributed by atoms with Gasteiger partial charge in [-0.25, -0.2) is 4.39 Å². The van der Waals surface area contributed by atoms with Gasteiger partial charge < -0.3 is 4.74 Å². The second-order valence-corrected chi connectivity index (χ2v) is 12.8. The molecule has 0 amide bonds. The fourth-order valence-electron chi connectivity index (χ4n) is 8.08. The monoisotopic (exact) mass is 522 g/mol.